The Morgan fingerprint density at radius 3 is 2.57 bits per heavy atom. The van der Waals surface area contributed by atoms with E-state index in [9.17, 15) is 22.8 Å². The number of cyclic esters (lactones) is 1. The molecule has 2 N–H and O–H groups in total. The van der Waals surface area contributed by atoms with E-state index in [0.717, 1.165) is 16.4 Å². The van der Waals surface area contributed by atoms with Crippen molar-refractivity contribution in [1.82, 2.24) is 4.57 Å². The first-order valence-corrected chi connectivity index (χ1v) is 10.6. The highest BCUT2D eigenvalue weighted by Gasteiger charge is 2.24. The predicted octanol–water partition coefficient (Wildman–Crippen LogP) is 1.04. The lowest BCUT2D eigenvalue weighted by Crippen LogP contribution is -2.30. The number of carbonyl (C=O) groups is 2. The third kappa shape index (κ3) is 4.14. The number of hydrogen-bond acceptors (Lipinski definition) is 6. The Bertz CT molecular complexity index is 1100. The molecule has 0 bridgehead atoms. The van der Waals surface area contributed by atoms with Gasteiger partial charge >= 0.3 is 5.97 Å². The first-order valence-electron chi connectivity index (χ1n) is 8.66. The lowest BCUT2D eigenvalue weighted by atomic mass is 9.97. The molecule has 2 aromatic rings. The molecular weight excluding hydrogens is 384 g/mol. The van der Waals surface area contributed by atoms with Gasteiger partial charge < -0.3 is 10.5 Å². The fourth-order valence-electron chi connectivity index (χ4n) is 3.23. The molecule has 1 aromatic carbocycles. The van der Waals surface area contributed by atoms with E-state index in [1.807, 2.05) is 6.07 Å². The monoisotopic (exact) mass is 404 g/mol. The number of sulfone groups is 1. The third-order valence-electron chi connectivity index (χ3n) is 4.66. The number of ether oxygens (including phenoxy) is 1. The Morgan fingerprint density at radius 2 is 1.93 bits per heavy atom. The normalized spacial score (nSPS) is 14.8. The van der Waals surface area contributed by atoms with Crippen LogP contribution in [0.15, 0.2) is 41.3 Å². The fraction of sp³-hybridized carbons (Fsp3) is 0.316. The minimum atomic E-state index is -3.64. The number of primary amides is 1. The molecule has 0 spiro atoms. The van der Waals surface area contributed by atoms with Crippen molar-refractivity contribution in [3.63, 3.8) is 0 Å². The molecule has 0 fully saturated rings. The second-order valence-corrected chi connectivity index (χ2v) is 8.91. The van der Waals surface area contributed by atoms with Crippen LogP contribution in [0.3, 0.4) is 0 Å². The van der Waals surface area contributed by atoms with E-state index in [2.05, 4.69) is 0 Å². The van der Waals surface area contributed by atoms with Gasteiger partial charge in [-0.25, -0.2) is 13.2 Å². The van der Waals surface area contributed by atoms with Gasteiger partial charge in [-0.1, -0.05) is 12.1 Å². The summed E-state index contributed by atoms with van der Waals surface area (Å²) < 4.78 is 30.3. The maximum Gasteiger partial charge on any atom is 0.338 e. The number of carbonyl (C=O) groups excluding carboxylic acids is 2. The lowest BCUT2D eigenvalue weighted by molar-refractivity contribution is -0.118. The van der Waals surface area contributed by atoms with Crippen LogP contribution in [0.2, 0.25) is 0 Å². The molecule has 1 atom stereocenters. The van der Waals surface area contributed by atoms with Crippen LogP contribution in [0.25, 0.3) is 11.1 Å². The average molecular weight is 404 g/mol. The van der Waals surface area contributed by atoms with Crippen molar-refractivity contribution < 1.29 is 22.7 Å². The molecule has 0 saturated carbocycles. The Balaban J connectivity index is 1.98. The molecule has 28 heavy (non-hydrogen) atoms. The van der Waals surface area contributed by atoms with Gasteiger partial charge in [0, 0.05) is 31.4 Å². The van der Waals surface area contributed by atoms with Gasteiger partial charge in [0.15, 0.2) is 9.84 Å². The summed E-state index contributed by atoms with van der Waals surface area (Å²) in [7, 11) is -3.64. The van der Waals surface area contributed by atoms with Crippen LogP contribution in [0, 0.1) is 0 Å². The van der Waals surface area contributed by atoms with Crippen molar-refractivity contribution in [2.45, 2.75) is 24.6 Å². The van der Waals surface area contributed by atoms with Crippen LogP contribution in [0.1, 0.15) is 34.1 Å². The number of esters is 1. The van der Waals surface area contributed by atoms with E-state index < -0.39 is 32.6 Å². The van der Waals surface area contributed by atoms with Gasteiger partial charge in [0.1, 0.15) is 5.37 Å². The maximum atomic E-state index is 12.6. The van der Waals surface area contributed by atoms with Crippen LogP contribution in [0.5, 0.6) is 0 Å². The van der Waals surface area contributed by atoms with Crippen molar-refractivity contribution in [2.75, 3.05) is 12.9 Å². The zero-order valence-electron chi connectivity index (χ0n) is 15.3. The molecule has 1 aliphatic rings. The van der Waals surface area contributed by atoms with Gasteiger partial charge in [-0.15, -0.1) is 0 Å². The molecule has 148 valence electrons. The quantitative estimate of drug-likeness (QED) is 0.717. The number of nitrogens with zero attached hydrogens (tertiary/aromatic N) is 1. The number of nitrogens with two attached hydrogens (primary N) is 1. The number of benzene rings is 1. The largest absolute Gasteiger partial charge is 0.462 e. The second kappa shape index (κ2) is 7.59. The number of amides is 1. The van der Waals surface area contributed by atoms with E-state index in [1.165, 1.54) is 12.3 Å². The van der Waals surface area contributed by atoms with Crippen molar-refractivity contribution in [2.24, 2.45) is 5.73 Å². The predicted molar refractivity (Wildman–Crippen MR) is 102 cm³/mol. The Labute approximate surface area is 161 Å². The topological polar surface area (TPSA) is 126 Å². The molecule has 0 radical (unpaired) electrons. The Morgan fingerprint density at radius 1 is 1.21 bits per heavy atom. The lowest BCUT2D eigenvalue weighted by Gasteiger charge is -2.19. The van der Waals surface area contributed by atoms with Crippen molar-refractivity contribution >= 4 is 21.7 Å². The van der Waals surface area contributed by atoms with Gasteiger partial charge in [0.05, 0.1) is 12.2 Å². The maximum absolute atomic E-state index is 12.6. The van der Waals surface area contributed by atoms with Crippen LogP contribution in [-0.4, -0.2) is 37.7 Å². The molecule has 8 nitrogen and oxygen atoms in total. The van der Waals surface area contributed by atoms with Crippen LogP contribution in [0.4, 0.5) is 0 Å². The van der Waals surface area contributed by atoms with Gasteiger partial charge in [0.2, 0.25) is 5.91 Å². The molecule has 9 heteroatoms. The Kier molecular flexibility index (Phi) is 5.37. The summed E-state index contributed by atoms with van der Waals surface area (Å²) in [5.74, 6) is -1.04. The molecular formula is C19H20N2O6S. The second-order valence-electron chi connectivity index (χ2n) is 6.71. The van der Waals surface area contributed by atoms with Crippen LogP contribution >= 0.6 is 0 Å². The third-order valence-corrected chi connectivity index (χ3v) is 6.11. The highest BCUT2D eigenvalue weighted by atomic mass is 32.2. The number of pyridine rings is 1. The number of fused-ring (bicyclic) bond motifs is 1. The zero-order chi connectivity index (χ0) is 20.5. The molecule has 2 heterocycles. The summed E-state index contributed by atoms with van der Waals surface area (Å²) in [5, 5.41) is -1.18. The van der Waals surface area contributed by atoms with Crippen LogP contribution in [-0.2, 0) is 25.8 Å². The van der Waals surface area contributed by atoms with E-state index >= 15 is 0 Å². The first-order chi connectivity index (χ1) is 13.2. The zero-order valence-corrected chi connectivity index (χ0v) is 16.1. The van der Waals surface area contributed by atoms with E-state index in [0.29, 0.717) is 29.7 Å². The summed E-state index contributed by atoms with van der Waals surface area (Å²) in [4.78, 5) is 35.5. The van der Waals surface area contributed by atoms with Gasteiger partial charge in [-0.2, -0.15) is 0 Å². The molecule has 1 unspecified atom stereocenters. The van der Waals surface area contributed by atoms with E-state index in [4.69, 9.17) is 10.5 Å². The summed E-state index contributed by atoms with van der Waals surface area (Å²) in [6.07, 6.45) is 2.78. The highest BCUT2D eigenvalue weighted by molar-refractivity contribution is 7.90. The Hall–Kier alpha value is -2.94. The van der Waals surface area contributed by atoms with Gasteiger partial charge in [-0.3, -0.25) is 14.2 Å². The molecule has 1 amide bonds. The standard InChI is InChI=1S/C19H20N2O6S/c1-28(25,26)18(5-4-16(20)22)21-8-6-14(11-17(21)23)13-3-2-12-7-9-27-19(24)15(12)10-13/h2-3,6,8,10-11,18H,4-5,7,9H2,1H3,(H2,20,22). The van der Waals surface area contributed by atoms with E-state index in [1.54, 1.807) is 18.2 Å². The van der Waals surface area contributed by atoms with Crippen molar-refractivity contribution in [3.05, 3.63) is 58.0 Å². The SMILES string of the molecule is CS(=O)(=O)C(CCC(N)=O)n1ccc(-c2ccc3c(c2)C(=O)OCC3)cc1=O. The summed E-state index contributed by atoms with van der Waals surface area (Å²) >= 11 is 0. The minimum absolute atomic E-state index is 0.0852. The van der Waals surface area contributed by atoms with Crippen LogP contribution < -0.4 is 11.3 Å². The number of aromatic nitrogens is 1. The average Bonchev–Trinajstić information content (AvgIpc) is 2.62. The smallest absolute Gasteiger partial charge is 0.338 e. The number of rotatable bonds is 6. The summed E-state index contributed by atoms with van der Waals surface area (Å²) in [5.41, 5.74) is 7.12. The first kappa shape index (κ1) is 19.8. The molecule has 1 aromatic heterocycles. The number of hydrogen-bond donors (Lipinski definition) is 1. The summed E-state index contributed by atoms with van der Waals surface area (Å²) in [6, 6.07) is 8.19. The molecule has 0 saturated heterocycles. The van der Waals surface area contributed by atoms with Crippen molar-refractivity contribution in [1.29, 1.82) is 0 Å². The highest BCUT2D eigenvalue weighted by Crippen LogP contribution is 2.26. The molecule has 1 aliphatic heterocycles. The summed E-state index contributed by atoms with van der Waals surface area (Å²) in [6.45, 7) is 0.347. The fourth-order valence-corrected chi connectivity index (χ4v) is 4.36. The minimum Gasteiger partial charge on any atom is -0.462 e. The van der Waals surface area contributed by atoms with Gasteiger partial charge in [0.25, 0.3) is 5.56 Å². The molecule has 3 rings (SSSR count). The van der Waals surface area contributed by atoms with Crippen molar-refractivity contribution in [3.8, 4) is 11.1 Å². The van der Waals surface area contributed by atoms with E-state index in [-0.39, 0.29) is 12.8 Å². The molecule has 0 aliphatic carbocycles. The van der Waals surface area contributed by atoms with Gasteiger partial charge in [-0.05, 0) is 35.2 Å².